The largest absolute Gasteiger partial charge is 0.480 e. The van der Waals surface area contributed by atoms with Crippen molar-refractivity contribution < 1.29 is 31.8 Å². The van der Waals surface area contributed by atoms with Crippen LogP contribution >= 0.6 is 12.4 Å². The van der Waals surface area contributed by atoms with E-state index in [1.54, 1.807) is 0 Å². The molecule has 0 amide bonds. The van der Waals surface area contributed by atoms with Gasteiger partial charge < -0.3 is 9.84 Å². The number of hydrogen-bond donors (Lipinski definition) is 1. The Balaban J connectivity index is 0.00000338. The predicted octanol–water partition coefficient (Wildman–Crippen LogP) is 0.934. The lowest BCUT2D eigenvalue weighted by Gasteiger charge is -2.34. The summed E-state index contributed by atoms with van der Waals surface area (Å²) in [5.41, 5.74) is 0.326. The molecule has 0 saturated carbocycles. The van der Waals surface area contributed by atoms with Gasteiger partial charge in [0.05, 0.1) is 19.0 Å². The highest BCUT2D eigenvalue weighted by Gasteiger charge is 2.28. The smallest absolute Gasteiger partial charge is 0.318 e. The molecule has 0 bridgehead atoms. The third-order valence-corrected chi connectivity index (χ3v) is 5.04. The zero-order valence-corrected chi connectivity index (χ0v) is 15.7. The minimum atomic E-state index is -3.69. The zero-order chi connectivity index (χ0) is 18.6. The van der Waals surface area contributed by atoms with Gasteiger partial charge in [-0.1, -0.05) is 6.07 Å². The summed E-state index contributed by atoms with van der Waals surface area (Å²) >= 11 is 0. The summed E-state index contributed by atoms with van der Waals surface area (Å²) in [6.45, 7) is 0.592. The van der Waals surface area contributed by atoms with E-state index < -0.39 is 40.3 Å². The molecule has 1 saturated heterocycles. The summed E-state index contributed by atoms with van der Waals surface area (Å²) in [5.74, 6) is -2.56. The summed E-state index contributed by atoms with van der Waals surface area (Å²) in [6.07, 6.45) is 0.399. The van der Waals surface area contributed by atoms with Crippen LogP contribution in [-0.2, 0) is 26.1 Å². The number of carboxylic acids is 1. The van der Waals surface area contributed by atoms with Crippen LogP contribution in [0.3, 0.4) is 0 Å². The first-order chi connectivity index (χ1) is 11.6. The maximum absolute atomic E-state index is 13.8. The first-order valence-corrected chi connectivity index (χ1v) is 9.45. The van der Waals surface area contributed by atoms with Crippen molar-refractivity contribution in [2.45, 2.75) is 12.6 Å². The molecule has 11 heteroatoms. The van der Waals surface area contributed by atoms with Gasteiger partial charge in [-0.25, -0.2) is 17.2 Å². The molecule has 1 fully saturated rings. The van der Waals surface area contributed by atoms with E-state index in [0.29, 0.717) is 25.3 Å². The molecule has 7 nitrogen and oxygen atoms in total. The summed E-state index contributed by atoms with van der Waals surface area (Å²) in [6, 6.07) is 3.35. The number of benzene rings is 1. The average Bonchev–Trinajstić information content (AvgIpc) is 2.48. The van der Waals surface area contributed by atoms with Crippen molar-refractivity contribution in [3.8, 4) is 0 Å². The molecule has 1 unspecified atom stereocenters. The SMILES string of the molecule is CS(=O)(=O)N(CC(=O)O)CC1CN(Cc2ccc(F)cc2F)CCO1.Cl. The van der Waals surface area contributed by atoms with Crippen molar-refractivity contribution >= 4 is 28.4 Å². The standard InChI is InChI=1S/C15H20F2N2O5S.ClH/c1-25(22,23)19(10-15(20)21)9-13-8-18(4-5-24-13)7-11-2-3-12(16)6-14(11)17;/h2-3,6,13H,4-5,7-10H2,1H3,(H,20,21);1H. The number of carbonyl (C=O) groups is 1. The first-order valence-electron chi connectivity index (χ1n) is 7.60. The third-order valence-electron chi connectivity index (χ3n) is 3.82. The quantitative estimate of drug-likeness (QED) is 0.714. The van der Waals surface area contributed by atoms with Gasteiger partial charge in [0.25, 0.3) is 0 Å². The van der Waals surface area contributed by atoms with E-state index in [-0.39, 0.29) is 25.5 Å². The molecule has 1 heterocycles. The molecule has 2 rings (SSSR count). The van der Waals surface area contributed by atoms with Crippen LogP contribution in [0.1, 0.15) is 5.56 Å². The highest BCUT2D eigenvalue weighted by atomic mass is 35.5. The number of halogens is 3. The molecule has 148 valence electrons. The van der Waals surface area contributed by atoms with Crippen molar-refractivity contribution in [3.05, 3.63) is 35.4 Å². The minimum absolute atomic E-state index is 0. The van der Waals surface area contributed by atoms with Gasteiger partial charge in [-0.2, -0.15) is 4.31 Å². The van der Waals surface area contributed by atoms with Crippen LogP contribution in [0.2, 0.25) is 0 Å². The first kappa shape index (κ1) is 22.7. The molecule has 1 aromatic carbocycles. The van der Waals surface area contributed by atoms with Crippen LogP contribution < -0.4 is 0 Å². The third kappa shape index (κ3) is 6.76. The molecule has 1 aliphatic rings. The second-order valence-corrected chi connectivity index (χ2v) is 7.90. The number of carboxylic acid groups (broad SMARTS) is 1. The molecular formula is C15H21ClF2N2O5S. The lowest BCUT2D eigenvalue weighted by Crippen LogP contribution is -2.49. The number of rotatable bonds is 7. The van der Waals surface area contributed by atoms with Gasteiger partial charge >= 0.3 is 5.97 Å². The summed E-state index contributed by atoms with van der Waals surface area (Å²) < 4.78 is 56.5. The predicted molar refractivity (Wildman–Crippen MR) is 92.7 cm³/mol. The van der Waals surface area contributed by atoms with Crippen LogP contribution in [0.5, 0.6) is 0 Å². The van der Waals surface area contributed by atoms with Gasteiger partial charge in [-0.15, -0.1) is 12.4 Å². The van der Waals surface area contributed by atoms with E-state index in [9.17, 15) is 22.0 Å². The van der Waals surface area contributed by atoms with E-state index >= 15 is 0 Å². The van der Waals surface area contributed by atoms with Crippen LogP contribution in [0.15, 0.2) is 18.2 Å². The molecule has 26 heavy (non-hydrogen) atoms. The average molecular weight is 415 g/mol. The number of morpholine rings is 1. The van der Waals surface area contributed by atoms with Crippen molar-refractivity contribution in [1.29, 1.82) is 0 Å². The Morgan fingerprint density at radius 1 is 1.42 bits per heavy atom. The number of hydrogen-bond acceptors (Lipinski definition) is 5. The fourth-order valence-corrected chi connectivity index (χ4v) is 3.40. The summed E-state index contributed by atoms with van der Waals surface area (Å²) in [7, 11) is -3.69. The minimum Gasteiger partial charge on any atom is -0.480 e. The van der Waals surface area contributed by atoms with Crippen LogP contribution in [0, 0.1) is 11.6 Å². The maximum Gasteiger partial charge on any atom is 0.318 e. The highest BCUT2D eigenvalue weighted by molar-refractivity contribution is 7.88. The molecule has 1 atom stereocenters. The van der Waals surface area contributed by atoms with Gasteiger partial charge in [0, 0.05) is 37.8 Å². The Morgan fingerprint density at radius 3 is 2.69 bits per heavy atom. The van der Waals surface area contributed by atoms with Gasteiger partial charge in [0.1, 0.15) is 18.2 Å². The fourth-order valence-electron chi connectivity index (χ4n) is 2.62. The molecular weight excluding hydrogens is 394 g/mol. The lowest BCUT2D eigenvalue weighted by atomic mass is 10.1. The highest BCUT2D eigenvalue weighted by Crippen LogP contribution is 2.16. The Morgan fingerprint density at radius 2 is 2.12 bits per heavy atom. The number of ether oxygens (including phenoxy) is 1. The lowest BCUT2D eigenvalue weighted by molar-refractivity contribution is -0.137. The van der Waals surface area contributed by atoms with Crippen LogP contribution in [0.4, 0.5) is 8.78 Å². The van der Waals surface area contributed by atoms with E-state index in [1.807, 2.05) is 4.90 Å². The molecule has 0 spiro atoms. The van der Waals surface area contributed by atoms with Gasteiger partial charge in [0.2, 0.25) is 10.0 Å². The van der Waals surface area contributed by atoms with Crippen molar-refractivity contribution in [2.75, 3.05) is 39.0 Å². The van der Waals surface area contributed by atoms with E-state index in [4.69, 9.17) is 9.84 Å². The van der Waals surface area contributed by atoms with Gasteiger partial charge in [-0.3, -0.25) is 9.69 Å². The molecule has 1 aliphatic heterocycles. The number of aliphatic carboxylic acids is 1. The topological polar surface area (TPSA) is 87.2 Å². The fraction of sp³-hybridized carbons (Fsp3) is 0.533. The van der Waals surface area contributed by atoms with Crippen molar-refractivity contribution in [1.82, 2.24) is 9.21 Å². The van der Waals surface area contributed by atoms with Crippen molar-refractivity contribution in [2.24, 2.45) is 0 Å². The van der Waals surface area contributed by atoms with Crippen molar-refractivity contribution in [3.63, 3.8) is 0 Å². The molecule has 0 aliphatic carbocycles. The Bertz CT molecular complexity index is 735. The Kier molecular flexibility index (Phi) is 8.35. The normalized spacial score (nSPS) is 18.5. The van der Waals surface area contributed by atoms with E-state index in [2.05, 4.69) is 0 Å². The Hall–Kier alpha value is -1.33. The second kappa shape index (κ2) is 9.56. The number of nitrogens with zero attached hydrogens (tertiary/aromatic N) is 2. The zero-order valence-electron chi connectivity index (χ0n) is 14.1. The summed E-state index contributed by atoms with van der Waals surface area (Å²) in [5, 5.41) is 8.85. The van der Waals surface area contributed by atoms with E-state index in [0.717, 1.165) is 16.6 Å². The maximum atomic E-state index is 13.8. The van der Waals surface area contributed by atoms with Crippen LogP contribution in [0.25, 0.3) is 0 Å². The Labute approximate surface area is 157 Å². The monoisotopic (exact) mass is 414 g/mol. The van der Waals surface area contributed by atoms with Crippen LogP contribution in [-0.4, -0.2) is 73.8 Å². The second-order valence-electron chi connectivity index (χ2n) is 5.91. The summed E-state index contributed by atoms with van der Waals surface area (Å²) in [4.78, 5) is 12.7. The van der Waals surface area contributed by atoms with Gasteiger partial charge in [0.15, 0.2) is 0 Å². The molecule has 0 radical (unpaired) electrons. The van der Waals surface area contributed by atoms with E-state index in [1.165, 1.54) is 12.1 Å². The van der Waals surface area contributed by atoms with Gasteiger partial charge in [-0.05, 0) is 6.07 Å². The number of sulfonamides is 1. The molecule has 0 aromatic heterocycles. The molecule has 1 N–H and O–H groups in total. The molecule has 1 aromatic rings.